The molecule has 1 amide bonds. The quantitative estimate of drug-likeness (QED) is 0.644. The number of fused-ring (bicyclic) bond motifs is 1. The molecule has 2 heterocycles. The maximum atomic E-state index is 12.2. The Hall–Kier alpha value is -1.22. The van der Waals surface area contributed by atoms with Crippen LogP contribution in [-0.2, 0) is 11.3 Å². The summed E-state index contributed by atoms with van der Waals surface area (Å²) in [5.74, 6) is 0.883. The number of hydrogen-bond acceptors (Lipinski definition) is 5. The summed E-state index contributed by atoms with van der Waals surface area (Å²) in [6.07, 6.45) is -0.246. The molecular formula is C18H26ClIN4O2. The number of amides is 1. The van der Waals surface area contributed by atoms with E-state index in [0.29, 0.717) is 26.2 Å². The Kier molecular flexibility index (Phi) is 7.01. The zero-order valence-corrected chi connectivity index (χ0v) is 18.5. The molecule has 0 bridgehead atoms. The van der Waals surface area contributed by atoms with Crippen molar-refractivity contribution < 1.29 is 9.53 Å². The van der Waals surface area contributed by atoms with E-state index in [4.69, 9.17) is 16.3 Å². The normalized spacial score (nSPS) is 19.4. The van der Waals surface area contributed by atoms with Crippen LogP contribution in [0.15, 0.2) is 29.3 Å². The minimum atomic E-state index is -0.470. The lowest BCUT2D eigenvalue weighted by molar-refractivity contribution is 0.0137. The van der Waals surface area contributed by atoms with Gasteiger partial charge in [0, 0.05) is 31.2 Å². The monoisotopic (exact) mass is 492 g/mol. The smallest absolute Gasteiger partial charge is 0.410 e. The van der Waals surface area contributed by atoms with Crippen molar-refractivity contribution in [2.75, 3.05) is 26.2 Å². The molecule has 2 aliphatic rings. The number of carbonyl (C=O) groups excluding carboxylic acids is 1. The van der Waals surface area contributed by atoms with Crippen LogP contribution in [0.3, 0.4) is 0 Å². The van der Waals surface area contributed by atoms with Crippen molar-refractivity contribution in [3.05, 3.63) is 34.9 Å². The fraction of sp³-hybridized carbons (Fsp3) is 0.556. The molecule has 0 radical (unpaired) electrons. The van der Waals surface area contributed by atoms with Gasteiger partial charge in [0.05, 0.1) is 12.6 Å². The van der Waals surface area contributed by atoms with E-state index in [-0.39, 0.29) is 36.1 Å². The molecule has 1 saturated heterocycles. The van der Waals surface area contributed by atoms with Crippen molar-refractivity contribution in [2.45, 2.75) is 39.0 Å². The fourth-order valence-electron chi connectivity index (χ4n) is 3.04. The minimum absolute atomic E-state index is 0. The Labute approximate surface area is 176 Å². The standard InChI is InChI=1S/C18H25ClN4O2.HI/c1-18(2,3)25-17(24)22-8-9-23-14(12-22)11-21-16(23)20-10-13-6-4-5-7-15(13)19;/h4-7,14H,8-12H2,1-3H3,(H,20,21);1H. The molecule has 1 aromatic rings. The van der Waals surface area contributed by atoms with Crippen LogP contribution in [0.2, 0.25) is 5.02 Å². The average Bonchev–Trinajstić information content (AvgIpc) is 2.95. The summed E-state index contributed by atoms with van der Waals surface area (Å²) in [5.41, 5.74) is 0.574. The molecule has 3 rings (SSSR count). The van der Waals surface area contributed by atoms with E-state index in [2.05, 4.69) is 15.2 Å². The van der Waals surface area contributed by atoms with Crippen LogP contribution in [0, 0.1) is 0 Å². The highest BCUT2D eigenvalue weighted by Gasteiger charge is 2.36. The summed E-state index contributed by atoms with van der Waals surface area (Å²) in [5, 5.41) is 4.13. The number of nitrogens with zero attached hydrogens (tertiary/aromatic N) is 3. The van der Waals surface area contributed by atoms with Crippen LogP contribution < -0.4 is 5.32 Å². The predicted molar refractivity (Wildman–Crippen MR) is 114 cm³/mol. The maximum Gasteiger partial charge on any atom is 0.410 e. The fourth-order valence-corrected chi connectivity index (χ4v) is 3.24. The molecule has 1 unspecified atom stereocenters. The van der Waals surface area contributed by atoms with Crippen molar-refractivity contribution in [2.24, 2.45) is 4.99 Å². The molecule has 26 heavy (non-hydrogen) atoms. The van der Waals surface area contributed by atoms with Gasteiger partial charge in [-0.25, -0.2) is 4.79 Å². The average molecular weight is 493 g/mol. The first kappa shape index (κ1) is 21.1. The SMILES string of the molecule is CC(C)(C)OC(=O)N1CCN2C(NCc3ccccc3Cl)=NCC2C1.I. The van der Waals surface area contributed by atoms with Gasteiger partial charge in [-0.05, 0) is 32.4 Å². The summed E-state index contributed by atoms with van der Waals surface area (Å²) < 4.78 is 5.47. The van der Waals surface area contributed by atoms with Crippen LogP contribution in [0.25, 0.3) is 0 Å². The zero-order valence-electron chi connectivity index (χ0n) is 15.4. The molecular weight excluding hydrogens is 467 g/mol. The van der Waals surface area contributed by atoms with E-state index in [1.165, 1.54) is 0 Å². The molecule has 2 aliphatic heterocycles. The van der Waals surface area contributed by atoms with E-state index in [0.717, 1.165) is 23.1 Å². The minimum Gasteiger partial charge on any atom is -0.444 e. The van der Waals surface area contributed by atoms with Gasteiger partial charge in [0.1, 0.15) is 5.60 Å². The number of aliphatic imine (C=N–C) groups is 1. The van der Waals surface area contributed by atoms with Crippen LogP contribution in [0.1, 0.15) is 26.3 Å². The molecule has 0 aromatic heterocycles. The molecule has 1 atom stereocenters. The van der Waals surface area contributed by atoms with Crippen molar-refractivity contribution >= 4 is 47.6 Å². The van der Waals surface area contributed by atoms with Gasteiger partial charge in [0.15, 0.2) is 5.96 Å². The van der Waals surface area contributed by atoms with Crippen molar-refractivity contribution in [3.8, 4) is 0 Å². The Morgan fingerprint density at radius 3 is 2.77 bits per heavy atom. The van der Waals surface area contributed by atoms with Crippen LogP contribution in [-0.4, -0.2) is 59.7 Å². The Morgan fingerprint density at radius 2 is 2.08 bits per heavy atom. The van der Waals surface area contributed by atoms with Gasteiger partial charge < -0.3 is 19.9 Å². The summed E-state index contributed by atoms with van der Waals surface area (Å²) >= 11 is 6.20. The predicted octanol–water partition coefficient (Wildman–Crippen LogP) is 3.34. The lowest BCUT2D eigenvalue weighted by Gasteiger charge is -2.39. The van der Waals surface area contributed by atoms with Gasteiger partial charge in [-0.2, -0.15) is 0 Å². The number of halogens is 2. The van der Waals surface area contributed by atoms with E-state index in [1.807, 2.05) is 45.0 Å². The Balaban J connectivity index is 0.00000243. The van der Waals surface area contributed by atoms with Gasteiger partial charge in [-0.15, -0.1) is 24.0 Å². The van der Waals surface area contributed by atoms with E-state index >= 15 is 0 Å². The third-order valence-corrected chi connectivity index (χ3v) is 4.62. The van der Waals surface area contributed by atoms with Crippen LogP contribution in [0.4, 0.5) is 4.79 Å². The van der Waals surface area contributed by atoms with Gasteiger partial charge in [-0.1, -0.05) is 29.8 Å². The number of nitrogens with one attached hydrogen (secondary N) is 1. The summed E-state index contributed by atoms with van der Waals surface area (Å²) in [4.78, 5) is 20.9. The third kappa shape index (κ3) is 5.16. The number of piperazine rings is 1. The number of guanidine groups is 1. The van der Waals surface area contributed by atoms with Gasteiger partial charge in [0.2, 0.25) is 0 Å². The van der Waals surface area contributed by atoms with Crippen LogP contribution in [0.5, 0.6) is 0 Å². The third-order valence-electron chi connectivity index (χ3n) is 4.25. The zero-order chi connectivity index (χ0) is 18.0. The first-order chi connectivity index (χ1) is 11.8. The molecule has 0 saturated carbocycles. The first-order valence-corrected chi connectivity index (χ1v) is 8.97. The van der Waals surface area contributed by atoms with Gasteiger partial charge in [-0.3, -0.25) is 4.99 Å². The molecule has 144 valence electrons. The maximum absolute atomic E-state index is 12.2. The molecule has 6 nitrogen and oxygen atoms in total. The number of ether oxygens (including phenoxy) is 1. The molecule has 1 aromatic carbocycles. The molecule has 1 N–H and O–H groups in total. The van der Waals surface area contributed by atoms with Crippen LogP contribution >= 0.6 is 35.6 Å². The number of hydrogen-bond donors (Lipinski definition) is 1. The molecule has 8 heteroatoms. The highest BCUT2D eigenvalue weighted by molar-refractivity contribution is 14.0. The van der Waals surface area contributed by atoms with Crippen molar-refractivity contribution in [1.29, 1.82) is 0 Å². The summed E-state index contributed by atoms with van der Waals surface area (Å²) in [7, 11) is 0. The molecule has 1 fully saturated rings. The number of rotatable bonds is 2. The van der Waals surface area contributed by atoms with Gasteiger partial charge >= 0.3 is 6.09 Å². The van der Waals surface area contributed by atoms with Gasteiger partial charge in [0.25, 0.3) is 0 Å². The Morgan fingerprint density at radius 1 is 1.35 bits per heavy atom. The summed E-state index contributed by atoms with van der Waals surface area (Å²) in [6, 6.07) is 7.99. The molecule has 0 aliphatic carbocycles. The molecule has 0 spiro atoms. The second kappa shape index (κ2) is 8.65. The second-order valence-electron chi connectivity index (χ2n) is 7.38. The topological polar surface area (TPSA) is 57.2 Å². The highest BCUT2D eigenvalue weighted by atomic mass is 127. The lowest BCUT2D eigenvalue weighted by Crippen LogP contribution is -2.57. The lowest BCUT2D eigenvalue weighted by atomic mass is 10.2. The van der Waals surface area contributed by atoms with E-state index in [1.54, 1.807) is 4.90 Å². The highest BCUT2D eigenvalue weighted by Crippen LogP contribution is 2.19. The van der Waals surface area contributed by atoms with E-state index in [9.17, 15) is 4.79 Å². The Bertz CT molecular complexity index is 677. The van der Waals surface area contributed by atoms with Crippen molar-refractivity contribution in [1.82, 2.24) is 15.1 Å². The largest absolute Gasteiger partial charge is 0.444 e. The number of benzene rings is 1. The van der Waals surface area contributed by atoms with Crippen molar-refractivity contribution in [3.63, 3.8) is 0 Å². The first-order valence-electron chi connectivity index (χ1n) is 8.60. The van der Waals surface area contributed by atoms with E-state index < -0.39 is 5.60 Å². The second-order valence-corrected chi connectivity index (χ2v) is 7.79. The number of carbonyl (C=O) groups is 1. The summed E-state index contributed by atoms with van der Waals surface area (Å²) in [6.45, 7) is 9.00.